The molecular weight excluding hydrogens is 428 g/mol. The summed E-state index contributed by atoms with van der Waals surface area (Å²) in [5.41, 5.74) is -0.00241. The average Bonchev–Trinajstić information content (AvgIpc) is 3.38. The second-order valence-corrected chi connectivity index (χ2v) is 7.89. The van der Waals surface area contributed by atoms with Crippen LogP contribution in [0.15, 0.2) is 51.5 Å². The fraction of sp³-hybridized carbons (Fsp3) is 0.211. The molecule has 3 heterocycles. The number of fused-ring (bicyclic) bond motifs is 1. The van der Waals surface area contributed by atoms with Gasteiger partial charge < -0.3 is 5.32 Å². The molecule has 0 saturated heterocycles. The standard InChI is InChI=1S/C19H17ClN6O3S/c1-24-15-14(17(28)25(2)19(24)29)26(18(20)23-15)10-12(27)22-13(16-21-8-9-30-16)11-6-4-3-5-7-11/h3-9,13H,10H2,1-2H3,(H,22,27). The molecule has 1 amide bonds. The van der Waals surface area contributed by atoms with Crippen molar-refractivity contribution in [1.82, 2.24) is 29.0 Å². The summed E-state index contributed by atoms with van der Waals surface area (Å²) in [7, 11) is 2.86. The number of thiazole rings is 1. The van der Waals surface area contributed by atoms with E-state index in [9.17, 15) is 14.4 Å². The Morgan fingerprint density at radius 2 is 1.93 bits per heavy atom. The highest BCUT2D eigenvalue weighted by Gasteiger charge is 2.23. The maximum Gasteiger partial charge on any atom is 0.332 e. The fourth-order valence-corrected chi connectivity index (χ4v) is 4.16. The molecule has 154 valence electrons. The number of amides is 1. The molecule has 1 atom stereocenters. The molecule has 0 radical (unpaired) electrons. The van der Waals surface area contributed by atoms with Crippen LogP contribution in [-0.4, -0.2) is 29.6 Å². The van der Waals surface area contributed by atoms with Gasteiger partial charge in [0.2, 0.25) is 11.2 Å². The number of aromatic nitrogens is 5. The van der Waals surface area contributed by atoms with Crippen molar-refractivity contribution >= 4 is 40.0 Å². The molecule has 3 aromatic heterocycles. The third-order valence-electron chi connectivity index (χ3n) is 4.74. The molecule has 4 rings (SSSR count). The van der Waals surface area contributed by atoms with Gasteiger partial charge in [0.05, 0.1) is 0 Å². The van der Waals surface area contributed by atoms with E-state index in [-0.39, 0.29) is 28.9 Å². The van der Waals surface area contributed by atoms with E-state index in [0.717, 1.165) is 15.1 Å². The van der Waals surface area contributed by atoms with E-state index in [1.54, 1.807) is 6.20 Å². The Morgan fingerprint density at radius 3 is 2.60 bits per heavy atom. The molecule has 30 heavy (non-hydrogen) atoms. The van der Waals surface area contributed by atoms with Crippen molar-refractivity contribution in [2.24, 2.45) is 14.1 Å². The number of nitrogens with one attached hydrogen (secondary N) is 1. The fourth-order valence-electron chi connectivity index (χ4n) is 3.22. The summed E-state index contributed by atoms with van der Waals surface area (Å²) in [6.45, 7) is -0.239. The van der Waals surface area contributed by atoms with Gasteiger partial charge in [0.1, 0.15) is 17.6 Å². The van der Waals surface area contributed by atoms with E-state index in [2.05, 4.69) is 15.3 Å². The van der Waals surface area contributed by atoms with Gasteiger partial charge >= 0.3 is 5.69 Å². The zero-order chi connectivity index (χ0) is 21.4. The van der Waals surface area contributed by atoms with Gasteiger partial charge in [-0.25, -0.2) is 9.78 Å². The molecule has 9 nitrogen and oxygen atoms in total. The Labute approximate surface area is 179 Å². The molecule has 1 aromatic carbocycles. The topological polar surface area (TPSA) is 104 Å². The summed E-state index contributed by atoms with van der Waals surface area (Å²) in [4.78, 5) is 46.1. The summed E-state index contributed by atoms with van der Waals surface area (Å²) >= 11 is 7.64. The molecule has 0 spiro atoms. The van der Waals surface area contributed by atoms with Crippen molar-refractivity contribution in [1.29, 1.82) is 0 Å². The molecule has 0 aliphatic rings. The number of nitrogens with zero attached hydrogens (tertiary/aromatic N) is 5. The van der Waals surface area contributed by atoms with E-state index in [1.165, 1.54) is 34.6 Å². The number of carbonyl (C=O) groups is 1. The largest absolute Gasteiger partial charge is 0.341 e. The number of aryl methyl sites for hydroxylation is 1. The molecule has 4 aromatic rings. The van der Waals surface area contributed by atoms with E-state index in [0.29, 0.717) is 0 Å². The first-order chi connectivity index (χ1) is 14.4. The number of hydrogen-bond donors (Lipinski definition) is 1. The molecule has 1 N–H and O–H groups in total. The number of imidazole rings is 1. The Kier molecular flexibility index (Phi) is 5.27. The Balaban J connectivity index is 1.70. The molecule has 0 bridgehead atoms. The minimum Gasteiger partial charge on any atom is -0.341 e. The average molecular weight is 445 g/mol. The maximum absolute atomic E-state index is 12.9. The van der Waals surface area contributed by atoms with E-state index in [1.807, 2.05) is 35.7 Å². The first kappa shape index (κ1) is 20.0. The number of rotatable bonds is 5. The van der Waals surface area contributed by atoms with Crippen molar-refractivity contribution in [3.05, 3.63) is 78.6 Å². The van der Waals surface area contributed by atoms with Gasteiger partial charge in [0.15, 0.2) is 11.2 Å². The van der Waals surface area contributed by atoms with Crippen molar-refractivity contribution in [2.45, 2.75) is 12.6 Å². The number of hydrogen-bond acceptors (Lipinski definition) is 6. The Bertz CT molecular complexity index is 1340. The molecule has 0 aliphatic heterocycles. The van der Waals surface area contributed by atoms with Crippen molar-refractivity contribution in [3.63, 3.8) is 0 Å². The predicted octanol–water partition coefficient (Wildman–Crippen LogP) is 1.45. The highest BCUT2D eigenvalue weighted by molar-refractivity contribution is 7.09. The first-order valence-corrected chi connectivity index (χ1v) is 10.2. The zero-order valence-electron chi connectivity index (χ0n) is 16.1. The van der Waals surface area contributed by atoms with Gasteiger partial charge in [0.25, 0.3) is 5.56 Å². The minimum absolute atomic E-state index is 0.0519. The molecule has 0 saturated carbocycles. The summed E-state index contributed by atoms with van der Waals surface area (Å²) < 4.78 is 3.48. The van der Waals surface area contributed by atoms with Crippen LogP contribution in [0.2, 0.25) is 5.28 Å². The first-order valence-electron chi connectivity index (χ1n) is 8.94. The van der Waals surface area contributed by atoms with Gasteiger partial charge in [-0.15, -0.1) is 11.3 Å². The quantitative estimate of drug-likeness (QED) is 0.469. The van der Waals surface area contributed by atoms with Crippen LogP contribution in [0.3, 0.4) is 0 Å². The van der Waals surface area contributed by atoms with Gasteiger partial charge in [-0.2, -0.15) is 4.98 Å². The van der Waals surface area contributed by atoms with E-state index in [4.69, 9.17) is 11.6 Å². The Morgan fingerprint density at radius 1 is 1.20 bits per heavy atom. The highest BCUT2D eigenvalue weighted by atomic mass is 35.5. The number of benzene rings is 1. The molecule has 0 aliphatic carbocycles. The molecular formula is C19H17ClN6O3S. The van der Waals surface area contributed by atoms with Crippen LogP contribution in [0, 0.1) is 0 Å². The second kappa shape index (κ2) is 7.88. The van der Waals surface area contributed by atoms with Crippen molar-refractivity contribution in [3.8, 4) is 0 Å². The third-order valence-corrected chi connectivity index (χ3v) is 5.87. The molecule has 0 fully saturated rings. The molecule has 1 unspecified atom stereocenters. The van der Waals surface area contributed by atoms with Gasteiger partial charge in [-0.1, -0.05) is 30.3 Å². The van der Waals surface area contributed by atoms with Crippen LogP contribution in [-0.2, 0) is 25.4 Å². The monoisotopic (exact) mass is 444 g/mol. The predicted molar refractivity (Wildman–Crippen MR) is 114 cm³/mol. The third kappa shape index (κ3) is 3.44. The van der Waals surface area contributed by atoms with Crippen LogP contribution < -0.4 is 16.6 Å². The summed E-state index contributed by atoms with van der Waals surface area (Å²) in [6.07, 6.45) is 1.67. The number of carbonyl (C=O) groups excluding carboxylic acids is 1. The number of halogens is 1. The second-order valence-electron chi connectivity index (χ2n) is 6.63. The van der Waals surface area contributed by atoms with Crippen LogP contribution in [0.5, 0.6) is 0 Å². The van der Waals surface area contributed by atoms with Crippen LogP contribution in [0.4, 0.5) is 0 Å². The van der Waals surface area contributed by atoms with Crippen molar-refractivity contribution < 1.29 is 4.79 Å². The Hall–Kier alpha value is -3.24. The lowest BCUT2D eigenvalue weighted by atomic mass is 10.1. The normalized spacial score (nSPS) is 12.2. The van der Waals surface area contributed by atoms with Gasteiger partial charge in [-0.3, -0.25) is 23.3 Å². The van der Waals surface area contributed by atoms with Crippen molar-refractivity contribution in [2.75, 3.05) is 0 Å². The van der Waals surface area contributed by atoms with E-state index >= 15 is 0 Å². The smallest absolute Gasteiger partial charge is 0.332 e. The van der Waals surface area contributed by atoms with Crippen LogP contribution >= 0.6 is 22.9 Å². The lowest BCUT2D eigenvalue weighted by Gasteiger charge is -2.17. The van der Waals surface area contributed by atoms with Gasteiger partial charge in [0, 0.05) is 25.7 Å². The summed E-state index contributed by atoms with van der Waals surface area (Å²) in [5, 5.41) is 5.46. The lowest BCUT2D eigenvalue weighted by Crippen LogP contribution is -2.38. The van der Waals surface area contributed by atoms with E-state index < -0.39 is 17.3 Å². The zero-order valence-corrected chi connectivity index (χ0v) is 17.6. The molecule has 11 heteroatoms. The van der Waals surface area contributed by atoms with Crippen LogP contribution in [0.1, 0.15) is 16.6 Å². The summed E-state index contributed by atoms with van der Waals surface area (Å²) in [6, 6.07) is 9.01. The van der Waals surface area contributed by atoms with Crippen LogP contribution in [0.25, 0.3) is 11.2 Å². The summed E-state index contributed by atoms with van der Waals surface area (Å²) in [5.74, 6) is -0.379. The SMILES string of the molecule is Cn1c(=O)c2c(nc(Cl)n2CC(=O)NC(c2ccccc2)c2nccs2)n(C)c1=O. The highest BCUT2D eigenvalue weighted by Crippen LogP contribution is 2.24. The van der Waals surface area contributed by atoms with Gasteiger partial charge in [-0.05, 0) is 17.2 Å². The lowest BCUT2D eigenvalue weighted by molar-refractivity contribution is -0.122. The maximum atomic E-state index is 12.9. The minimum atomic E-state index is -0.570.